The van der Waals surface area contributed by atoms with Crippen LogP contribution in [0.15, 0.2) is 134 Å². The van der Waals surface area contributed by atoms with Crippen LogP contribution in [0, 0.1) is 0 Å². The Morgan fingerprint density at radius 3 is 1.24 bits per heavy atom. The monoisotopic (exact) mass is 486 g/mol. The first-order valence-electron chi connectivity index (χ1n) is 12.6. The van der Waals surface area contributed by atoms with Crippen LogP contribution in [0.5, 0.6) is 0 Å². The Morgan fingerprint density at radius 1 is 0.342 bits per heavy atom. The Kier molecular flexibility index (Phi) is 5.41. The predicted molar refractivity (Wildman–Crippen MR) is 154 cm³/mol. The molecule has 2 heterocycles. The van der Waals surface area contributed by atoms with Crippen molar-refractivity contribution in [2.24, 2.45) is 0 Å². The minimum absolute atomic E-state index is 0.652. The zero-order valence-electron chi connectivity index (χ0n) is 20.5. The van der Waals surface area contributed by atoms with Crippen molar-refractivity contribution in [1.29, 1.82) is 0 Å². The van der Waals surface area contributed by atoms with Gasteiger partial charge in [-0.1, -0.05) is 115 Å². The smallest absolute Gasteiger partial charge is 0.165 e. The first-order valence-corrected chi connectivity index (χ1v) is 12.6. The van der Waals surface area contributed by atoms with Gasteiger partial charge in [0.15, 0.2) is 17.5 Å². The Morgan fingerprint density at radius 2 is 0.763 bits per heavy atom. The van der Waals surface area contributed by atoms with Crippen molar-refractivity contribution in [1.82, 2.24) is 19.9 Å². The number of fused-ring (bicyclic) bond motifs is 2. The number of benzene rings is 5. The molecule has 5 aromatic carbocycles. The second kappa shape index (κ2) is 9.34. The molecule has 0 radical (unpaired) electrons. The lowest BCUT2D eigenvalue weighted by Crippen LogP contribution is -2.01. The molecule has 0 fully saturated rings. The Balaban J connectivity index is 1.60. The fourth-order valence-corrected chi connectivity index (χ4v) is 5.11. The SMILES string of the molecule is c1ccc(-c2nc(-c3ccccc3)nc(-c3c4ccccc4c(-c4cccnc4)c4ccccc34)n2)cc1. The van der Waals surface area contributed by atoms with Crippen molar-refractivity contribution < 1.29 is 0 Å². The van der Waals surface area contributed by atoms with Crippen LogP contribution in [0.25, 0.3) is 66.8 Å². The number of nitrogens with zero attached hydrogens (tertiary/aromatic N) is 4. The maximum absolute atomic E-state index is 5.07. The highest BCUT2D eigenvalue weighted by Gasteiger charge is 2.20. The molecule has 7 rings (SSSR count). The third-order valence-electron chi connectivity index (χ3n) is 6.80. The van der Waals surface area contributed by atoms with E-state index in [-0.39, 0.29) is 0 Å². The molecule has 178 valence electrons. The molecule has 38 heavy (non-hydrogen) atoms. The predicted octanol–water partition coefficient (Wildman–Crippen LogP) is 8.24. The van der Waals surface area contributed by atoms with Crippen LogP contribution in [0.2, 0.25) is 0 Å². The van der Waals surface area contributed by atoms with Crippen LogP contribution >= 0.6 is 0 Å². The van der Waals surface area contributed by atoms with E-state index in [2.05, 4.69) is 59.6 Å². The molecule has 0 atom stereocenters. The van der Waals surface area contributed by atoms with Crippen LogP contribution in [-0.4, -0.2) is 19.9 Å². The summed E-state index contributed by atoms with van der Waals surface area (Å²) in [6.45, 7) is 0. The minimum atomic E-state index is 0.652. The molecular weight excluding hydrogens is 464 g/mol. The molecule has 0 aliphatic rings. The molecular formula is C34H22N4. The summed E-state index contributed by atoms with van der Waals surface area (Å²) in [5, 5.41) is 4.46. The van der Waals surface area contributed by atoms with Crippen LogP contribution in [-0.2, 0) is 0 Å². The van der Waals surface area contributed by atoms with E-state index in [0.717, 1.165) is 49.4 Å². The first kappa shape index (κ1) is 22.0. The number of hydrogen-bond donors (Lipinski definition) is 0. The standard InChI is InChI=1S/C34H22N4/c1-3-12-23(13-4-1)32-36-33(24-14-5-2-6-15-24)38-34(37-32)31-28-19-9-7-17-26(28)30(25-16-11-21-35-22-25)27-18-8-10-20-29(27)31/h1-22H. The van der Waals surface area contributed by atoms with Gasteiger partial charge in [-0.05, 0) is 33.2 Å². The number of hydrogen-bond acceptors (Lipinski definition) is 4. The quantitative estimate of drug-likeness (QED) is 0.235. The highest BCUT2D eigenvalue weighted by atomic mass is 15.0. The lowest BCUT2D eigenvalue weighted by molar-refractivity contribution is 1.08. The van der Waals surface area contributed by atoms with Crippen molar-refractivity contribution >= 4 is 21.5 Å². The molecule has 7 aromatic rings. The van der Waals surface area contributed by atoms with E-state index in [1.807, 2.05) is 79.1 Å². The maximum Gasteiger partial charge on any atom is 0.165 e. The molecule has 4 nitrogen and oxygen atoms in total. The zero-order chi connectivity index (χ0) is 25.3. The van der Waals surface area contributed by atoms with E-state index in [1.165, 1.54) is 0 Å². The molecule has 4 heteroatoms. The van der Waals surface area contributed by atoms with Crippen molar-refractivity contribution in [3.8, 4) is 45.3 Å². The summed E-state index contributed by atoms with van der Waals surface area (Å²) in [4.78, 5) is 19.4. The highest BCUT2D eigenvalue weighted by Crippen LogP contribution is 2.42. The van der Waals surface area contributed by atoms with Crippen LogP contribution in [0.3, 0.4) is 0 Å². The average molecular weight is 487 g/mol. The molecule has 2 aromatic heterocycles. The zero-order valence-corrected chi connectivity index (χ0v) is 20.5. The highest BCUT2D eigenvalue weighted by molar-refractivity contribution is 6.20. The van der Waals surface area contributed by atoms with E-state index in [9.17, 15) is 0 Å². The molecule has 0 saturated heterocycles. The average Bonchev–Trinajstić information content (AvgIpc) is 3.01. The lowest BCUT2D eigenvalue weighted by atomic mass is 9.88. The van der Waals surface area contributed by atoms with Crippen LogP contribution in [0.1, 0.15) is 0 Å². The summed E-state index contributed by atoms with van der Waals surface area (Å²) in [7, 11) is 0. The topological polar surface area (TPSA) is 51.6 Å². The summed E-state index contributed by atoms with van der Waals surface area (Å²) in [6, 6.07) is 41.3. The summed E-state index contributed by atoms with van der Waals surface area (Å²) < 4.78 is 0. The minimum Gasteiger partial charge on any atom is -0.264 e. The fourth-order valence-electron chi connectivity index (χ4n) is 5.11. The Bertz CT molecular complexity index is 1790. The summed E-state index contributed by atoms with van der Waals surface area (Å²) in [5.74, 6) is 1.96. The van der Waals surface area contributed by atoms with E-state index >= 15 is 0 Å². The van der Waals surface area contributed by atoms with Gasteiger partial charge in [-0.2, -0.15) is 0 Å². The van der Waals surface area contributed by atoms with Gasteiger partial charge >= 0.3 is 0 Å². The van der Waals surface area contributed by atoms with E-state index in [4.69, 9.17) is 15.0 Å². The maximum atomic E-state index is 5.07. The van der Waals surface area contributed by atoms with Gasteiger partial charge in [0.2, 0.25) is 0 Å². The van der Waals surface area contributed by atoms with Crippen molar-refractivity contribution in [2.45, 2.75) is 0 Å². The van der Waals surface area contributed by atoms with Crippen LogP contribution in [0.4, 0.5) is 0 Å². The van der Waals surface area contributed by atoms with E-state index in [1.54, 1.807) is 0 Å². The molecule has 0 bridgehead atoms. The van der Waals surface area contributed by atoms with Crippen LogP contribution < -0.4 is 0 Å². The van der Waals surface area contributed by atoms with Crippen molar-refractivity contribution in [3.63, 3.8) is 0 Å². The normalized spacial score (nSPS) is 11.2. The van der Waals surface area contributed by atoms with Gasteiger partial charge in [0.05, 0.1) is 0 Å². The summed E-state index contributed by atoms with van der Waals surface area (Å²) >= 11 is 0. The van der Waals surface area contributed by atoms with Gasteiger partial charge in [0.1, 0.15) is 0 Å². The Hall–Kier alpha value is -5.22. The fraction of sp³-hybridized carbons (Fsp3) is 0. The van der Waals surface area contributed by atoms with E-state index in [0.29, 0.717) is 17.5 Å². The summed E-state index contributed by atoms with van der Waals surface area (Å²) in [6.07, 6.45) is 3.74. The van der Waals surface area contributed by atoms with Gasteiger partial charge in [0, 0.05) is 34.6 Å². The number of aromatic nitrogens is 4. The molecule has 0 aliphatic carbocycles. The molecule has 0 unspecified atom stereocenters. The third kappa shape index (κ3) is 3.80. The molecule has 0 saturated carbocycles. The second-order valence-corrected chi connectivity index (χ2v) is 9.12. The Labute approximate surface area is 220 Å². The van der Waals surface area contributed by atoms with Gasteiger partial charge in [0.25, 0.3) is 0 Å². The third-order valence-corrected chi connectivity index (χ3v) is 6.80. The second-order valence-electron chi connectivity index (χ2n) is 9.12. The van der Waals surface area contributed by atoms with E-state index < -0.39 is 0 Å². The molecule has 0 spiro atoms. The molecule has 0 N–H and O–H groups in total. The summed E-state index contributed by atoms with van der Waals surface area (Å²) in [5.41, 5.74) is 5.15. The van der Waals surface area contributed by atoms with Gasteiger partial charge in [-0.15, -0.1) is 0 Å². The molecule has 0 aliphatic heterocycles. The molecule has 0 amide bonds. The number of pyridine rings is 1. The van der Waals surface area contributed by atoms with Gasteiger partial charge < -0.3 is 0 Å². The first-order chi connectivity index (χ1) is 18.9. The largest absolute Gasteiger partial charge is 0.264 e. The van der Waals surface area contributed by atoms with Crippen molar-refractivity contribution in [3.05, 3.63) is 134 Å². The van der Waals surface area contributed by atoms with Gasteiger partial charge in [-0.3, -0.25) is 4.98 Å². The van der Waals surface area contributed by atoms with Crippen molar-refractivity contribution in [2.75, 3.05) is 0 Å². The lowest BCUT2D eigenvalue weighted by Gasteiger charge is -2.17. The number of rotatable bonds is 4. The van der Waals surface area contributed by atoms with Gasteiger partial charge in [-0.25, -0.2) is 15.0 Å².